The van der Waals surface area contributed by atoms with Crippen molar-refractivity contribution in [2.45, 2.75) is 52.0 Å². The molecule has 1 rings (SSSR count). The number of hydrogen-bond acceptors (Lipinski definition) is 3. The Bertz CT molecular complexity index is 156. The van der Waals surface area contributed by atoms with Crippen molar-refractivity contribution in [3.8, 4) is 0 Å². The Morgan fingerprint density at radius 3 is 2.47 bits per heavy atom. The van der Waals surface area contributed by atoms with Gasteiger partial charge in [-0.3, -0.25) is 11.3 Å². The van der Waals surface area contributed by atoms with Crippen LogP contribution in [0.25, 0.3) is 0 Å². The quantitative estimate of drug-likeness (QED) is 0.544. The largest absolute Gasteiger partial charge is 0.271 e. The van der Waals surface area contributed by atoms with Crippen molar-refractivity contribution in [1.29, 1.82) is 0 Å². The van der Waals surface area contributed by atoms with Crippen LogP contribution in [0.1, 0.15) is 46.0 Å². The van der Waals surface area contributed by atoms with Gasteiger partial charge in [0.2, 0.25) is 0 Å². The molecule has 3 heteroatoms. The second-order valence-electron chi connectivity index (χ2n) is 5.13. The average molecular weight is 230 g/mol. The maximum atomic E-state index is 5.62. The minimum Gasteiger partial charge on any atom is -0.271 e. The molecule has 0 radical (unpaired) electrons. The molecule has 3 N–H and O–H groups in total. The third-order valence-electron chi connectivity index (χ3n) is 3.29. The monoisotopic (exact) mass is 230 g/mol. The van der Waals surface area contributed by atoms with E-state index in [4.69, 9.17) is 5.84 Å². The van der Waals surface area contributed by atoms with Gasteiger partial charge < -0.3 is 0 Å². The van der Waals surface area contributed by atoms with Gasteiger partial charge in [-0.05, 0) is 55.4 Å². The maximum Gasteiger partial charge on any atom is 0.0213 e. The van der Waals surface area contributed by atoms with E-state index in [9.17, 15) is 0 Å². The average Bonchev–Trinajstić information content (AvgIpc) is 2.25. The second-order valence-corrected chi connectivity index (χ2v) is 6.35. The highest BCUT2D eigenvalue weighted by molar-refractivity contribution is 7.99. The normalized spacial score (nSPS) is 20.8. The molecule has 0 bridgehead atoms. The Labute approximate surface area is 98.7 Å². The van der Waals surface area contributed by atoms with Crippen LogP contribution in [0.5, 0.6) is 0 Å². The molecule has 90 valence electrons. The zero-order chi connectivity index (χ0) is 11.1. The van der Waals surface area contributed by atoms with Crippen molar-refractivity contribution < 1.29 is 0 Å². The first-order valence-corrected chi connectivity index (χ1v) is 7.41. The highest BCUT2D eigenvalue weighted by atomic mass is 32.2. The van der Waals surface area contributed by atoms with E-state index in [2.05, 4.69) is 31.0 Å². The van der Waals surface area contributed by atoms with E-state index in [1.54, 1.807) is 0 Å². The zero-order valence-corrected chi connectivity index (χ0v) is 11.0. The molecule has 1 atom stereocenters. The molecule has 0 aromatic heterocycles. The summed E-state index contributed by atoms with van der Waals surface area (Å²) in [7, 11) is 0. The van der Waals surface area contributed by atoms with Crippen molar-refractivity contribution in [3.63, 3.8) is 0 Å². The lowest BCUT2D eigenvalue weighted by atomic mass is 9.91. The summed E-state index contributed by atoms with van der Waals surface area (Å²) in [5.41, 5.74) is 3.00. The van der Waals surface area contributed by atoms with Crippen molar-refractivity contribution in [3.05, 3.63) is 0 Å². The Morgan fingerprint density at radius 1 is 1.27 bits per heavy atom. The van der Waals surface area contributed by atoms with Gasteiger partial charge in [-0.1, -0.05) is 13.8 Å². The first-order chi connectivity index (χ1) is 7.22. The Balaban J connectivity index is 2.19. The van der Waals surface area contributed by atoms with Crippen LogP contribution in [0.2, 0.25) is 0 Å². The van der Waals surface area contributed by atoms with Crippen LogP contribution in [-0.4, -0.2) is 17.5 Å². The molecule has 0 spiro atoms. The summed E-state index contributed by atoms with van der Waals surface area (Å²) in [5.74, 6) is 10.0. The van der Waals surface area contributed by atoms with E-state index in [0.29, 0.717) is 6.04 Å². The van der Waals surface area contributed by atoms with Crippen LogP contribution >= 0.6 is 11.8 Å². The summed E-state index contributed by atoms with van der Waals surface area (Å²) >= 11 is 2.10. The van der Waals surface area contributed by atoms with Crippen molar-refractivity contribution in [1.82, 2.24) is 5.43 Å². The first kappa shape index (κ1) is 13.3. The van der Waals surface area contributed by atoms with Gasteiger partial charge in [0.1, 0.15) is 0 Å². The van der Waals surface area contributed by atoms with E-state index in [0.717, 1.165) is 11.8 Å². The molecule has 0 saturated carbocycles. The summed E-state index contributed by atoms with van der Waals surface area (Å²) in [4.78, 5) is 0. The van der Waals surface area contributed by atoms with Gasteiger partial charge in [-0.25, -0.2) is 0 Å². The molecule has 1 aliphatic rings. The SMILES string of the molecule is CC(C)CCC(CC1CCSCC1)NN. The molecule has 0 aromatic carbocycles. The smallest absolute Gasteiger partial charge is 0.0213 e. The van der Waals surface area contributed by atoms with Gasteiger partial charge in [-0.2, -0.15) is 11.8 Å². The molecule has 0 amide bonds. The molecule has 2 nitrogen and oxygen atoms in total. The number of hydrogen-bond donors (Lipinski definition) is 2. The Morgan fingerprint density at radius 2 is 1.93 bits per heavy atom. The van der Waals surface area contributed by atoms with E-state index in [1.807, 2.05) is 0 Å². The molecule has 1 heterocycles. The van der Waals surface area contributed by atoms with Crippen LogP contribution in [0.4, 0.5) is 0 Å². The van der Waals surface area contributed by atoms with Crippen LogP contribution < -0.4 is 11.3 Å². The van der Waals surface area contributed by atoms with Gasteiger partial charge in [0.25, 0.3) is 0 Å². The fourth-order valence-electron chi connectivity index (χ4n) is 2.19. The van der Waals surface area contributed by atoms with Crippen LogP contribution in [-0.2, 0) is 0 Å². The molecule has 1 aliphatic heterocycles. The number of thioether (sulfide) groups is 1. The molecule has 15 heavy (non-hydrogen) atoms. The number of nitrogens with one attached hydrogen (secondary N) is 1. The Hall–Kier alpha value is 0.270. The third kappa shape index (κ3) is 5.79. The van der Waals surface area contributed by atoms with E-state index >= 15 is 0 Å². The lowest BCUT2D eigenvalue weighted by Gasteiger charge is -2.26. The van der Waals surface area contributed by atoms with Crippen molar-refractivity contribution in [2.75, 3.05) is 11.5 Å². The summed E-state index contributed by atoms with van der Waals surface area (Å²) in [5, 5.41) is 0. The lowest BCUT2D eigenvalue weighted by molar-refractivity contribution is 0.337. The van der Waals surface area contributed by atoms with E-state index in [1.165, 1.54) is 43.6 Å². The van der Waals surface area contributed by atoms with Crippen LogP contribution in [0.15, 0.2) is 0 Å². The molecule has 0 aromatic rings. The Kier molecular flexibility index (Phi) is 6.69. The van der Waals surface area contributed by atoms with Crippen LogP contribution in [0.3, 0.4) is 0 Å². The predicted octanol–water partition coefficient (Wildman–Crippen LogP) is 2.79. The molecule has 1 unspecified atom stereocenters. The molecule has 1 fully saturated rings. The highest BCUT2D eigenvalue weighted by Crippen LogP contribution is 2.27. The minimum absolute atomic E-state index is 0.542. The van der Waals surface area contributed by atoms with Crippen molar-refractivity contribution in [2.24, 2.45) is 17.7 Å². The minimum atomic E-state index is 0.542. The molecule has 0 aliphatic carbocycles. The van der Waals surface area contributed by atoms with Gasteiger partial charge in [-0.15, -0.1) is 0 Å². The lowest BCUT2D eigenvalue weighted by Crippen LogP contribution is -2.37. The fraction of sp³-hybridized carbons (Fsp3) is 1.00. The number of hydrazine groups is 1. The topological polar surface area (TPSA) is 38.0 Å². The predicted molar refractivity (Wildman–Crippen MR) is 69.8 cm³/mol. The van der Waals surface area contributed by atoms with Gasteiger partial charge in [0.05, 0.1) is 0 Å². The summed E-state index contributed by atoms with van der Waals surface area (Å²) < 4.78 is 0. The molecular formula is C12H26N2S. The van der Waals surface area contributed by atoms with Gasteiger partial charge in [0.15, 0.2) is 0 Å². The molecular weight excluding hydrogens is 204 g/mol. The standard InChI is InChI=1S/C12H26N2S/c1-10(2)3-4-12(14-13)9-11-5-7-15-8-6-11/h10-12,14H,3-9,13H2,1-2H3. The zero-order valence-electron chi connectivity index (χ0n) is 10.2. The third-order valence-corrected chi connectivity index (χ3v) is 4.34. The van der Waals surface area contributed by atoms with Crippen molar-refractivity contribution >= 4 is 11.8 Å². The van der Waals surface area contributed by atoms with Gasteiger partial charge >= 0.3 is 0 Å². The number of rotatable bonds is 6. The van der Waals surface area contributed by atoms with Crippen LogP contribution in [0, 0.1) is 11.8 Å². The molecule has 1 saturated heterocycles. The van der Waals surface area contributed by atoms with Gasteiger partial charge in [0, 0.05) is 6.04 Å². The first-order valence-electron chi connectivity index (χ1n) is 6.26. The second kappa shape index (κ2) is 7.53. The fourth-order valence-corrected chi connectivity index (χ4v) is 3.39. The summed E-state index contributed by atoms with van der Waals surface area (Å²) in [6.45, 7) is 4.57. The van der Waals surface area contributed by atoms with E-state index < -0.39 is 0 Å². The summed E-state index contributed by atoms with van der Waals surface area (Å²) in [6.07, 6.45) is 6.59. The maximum absolute atomic E-state index is 5.62. The highest BCUT2D eigenvalue weighted by Gasteiger charge is 2.18. The van der Waals surface area contributed by atoms with E-state index in [-0.39, 0.29) is 0 Å². The summed E-state index contributed by atoms with van der Waals surface area (Å²) in [6, 6.07) is 0.542. The number of nitrogens with two attached hydrogens (primary N) is 1.